The van der Waals surface area contributed by atoms with Crippen molar-refractivity contribution in [2.75, 3.05) is 39.2 Å². The maximum Gasteiger partial charge on any atom is 0.303 e. The van der Waals surface area contributed by atoms with E-state index in [9.17, 15) is 9.59 Å². The van der Waals surface area contributed by atoms with E-state index in [0.29, 0.717) is 13.1 Å². The summed E-state index contributed by atoms with van der Waals surface area (Å²) in [5, 5.41) is 13.3. The van der Waals surface area contributed by atoms with Crippen molar-refractivity contribution in [2.24, 2.45) is 0 Å². The van der Waals surface area contributed by atoms with Crippen LogP contribution in [0.2, 0.25) is 0 Å². The summed E-state index contributed by atoms with van der Waals surface area (Å²) in [6.07, 6.45) is -0.916. The second kappa shape index (κ2) is 13.6. The molecule has 2 atom stereocenters. The Balaban J connectivity index is 0.00000107. The minimum atomic E-state index is -1.50. The Kier molecular flexibility index (Phi) is 11.6. The highest BCUT2D eigenvalue weighted by atomic mass is 35.5. The monoisotopic (exact) mass is 513 g/mol. The molecule has 0 bridgehead atoms. The zero-order chi connectivity index (χ0) is 24.5. The average Bonchev–Trinajstić information content (AvgIpc) is 2.86. The summed E-state index contributed by atoms with van der Waals surface area (Å²) in [5.74, 6) is 0.0528. The highest BCUT2D eigenvalue weighted by molar-refractivity contribution is 7.99. The van der Waals surface area contributed by atoms with E-state index in [0.717, 1.165) is 21.9 Å². The van der Waals surface area contributed by atoms with Gasteiger partial charge >= 0.3 is 5.97 Å². The number of esters is 1. The number of hydrogen-bond acceptors (Lipinski definition) is 8. The molecular formula is C22H28ClN3O7S. The molecule has 186 valence electrons. The molecule has 1 amide bonds. The van der Waals surface area contributed by atoms with Crippen molar-refractivity contribution in [2.45, 2.75) is 23.2 Å². The number of methoxy groups -OCH3 is 1. The molecule has 12 heteroatoms. The molecule has 1 aliphatic heterocycles. The molecule has 34 heavy (non-hydrogen) atoms. The van der Waals surface area contributed by atoms with Gasteiger partial charge in [0, 0.05) is 24.9 Å². The van der Waals surface area contributed by atoms with Crippen molar-refractivity contribution in [3.8, 4) is 5.75 Å². The Morgan fingerprint density at radius 1 is 1.21 bits per heavy atom. The summed E-state index contributed by atoms with van der Waals surface area (Å²) < 4.78 is 10.8. The molecule has 0 saturated heterocycles. The summed E-state index contributed by atoms with van der Waals surface area (Å²) in [4.78, 5) is 38.5. The quantitative estimate of drug-likeness (QED) is 0.351. The van der Waals surface area contributed by atoms with E-state index in [4.69, 9.17) is 24.8 Å². The number of amides is 1. The number of carbonyl (C=O) groups excluding carboxylic acids is 2. The molecular weight excluding hydrogens is 486 g/mol. The molecule has 0 fully saturated rings. The number of fused-ring (bicyclic) bond motifs is 1. The van der Waals surface area contributed by atoms with Crippen LogP contribution in [0.15, 0.2) is 53.4 Å². The summed E-state index contributed by atoms with van der Waals surface area (Å²) in [5.41, 5.74) is 1.75. The third kappa shape index (κ3) is 8.08. The minimum absolute atomic E-state index is 0. The van der Waals surface area contributed by atoms with Crippen molar-refractivity contribution >= 4 is 41.7 Å². The lowest BCUT2D eigenvalue weighted by Gasteiger charge is -2.28. The highest BCUT2D eigenvalue weighted by Crippen LogP contribution is 2.46. The molecule has 0 spiro atoms. The van der Waals surface area contributed by atoms with E-state index >= 15 is 0 Å². The van der Waals surface area contributed by atoms with Crippen LogP contribution in [0.25, 0.3) is 0 Å². The second-order valence-corrected chi connectivity index (χ2v) is 8.52. The summed E-state index contributed by atoms with van der Waals surface area (Å²) in [6.45, 7) is 2.55. The number of nitrogens with zero attached hydrogens (tertiary/aromatic N) is 3. The zero-order valence-corrected chi connectivity index (χ0v) is 20.9. The van der Waals surface area contributed by atoms with Gasteiger partial charge in [-0.05, 0) is 43.9 Å². The number of rotatable bonds is 6. The van der Waals surface area contributed by atoms with E-state index in [-0.39, 0.29) is 23.6 Å². The van der Waals surface area contributed by atoms with Gasteiger partial charge in [0.2, 0.25) is 0 Å². The van der Waals surface area contributed by atoms with Gasteiger partial charge in [0.05, 0.1) is 18.0 Å². The van der Waals surface area contributed by atoms with Gasteiger partial charge in [-0.1, -0.05) is 24.3 Å². The Morgan fingerprint density at radius 3 is 2.32 bits per heavy atom. The van der Waals surface area contributed by atoms with Crippen LogP contribution in [0.1, 0.15) is 17.7 Å². The number of hydrogen-bond donors (Lipinski definition) is 1. The average molecular weight is 514 g/mol. The number of anilines is 1. The van der Waals surface area contributed by atoms with E-state index in [1.165, 1.54) is 6.92 Å². The fraction of sp³-hybridized carbons (Fsp3) is 0.364. The molecule has 2 aromatic carbocycles. The van der Waals surface area contributed by atoms with Crippen molar-refractivity contribution < 1.29 is 29.4 Å². The van der Waals surface area contributed by atoms with E-state index in [2.05, 4.69) is 0 Å². The van der Waals surface area contributed by atoms with Crippen molar-refractivity contribution in [3.05, 3.63) is 64.2 Å². The first kappa shape index (κ1) is 29.0. The number of likely N-dealkylation sites (N-methyl/N-ethyl adjacent to an activating group) is 1. The number of halogens is 1. The normalized spacial score (nSPS) is 16.9. The molecule has 2 aromatic rings. The summed E-state index contributed by atoms with van der Waals surface area (Å²) in [7, 11) is 5.54. The third-order valence-corrected chi connectivity index (χ3v) is 6.07. The van der Waals surface area contributed by atoms with Crippen molar-refractivity contribution in [3.63, 3.8) is 0 Å². The number of thioether (sulfide) groups is 1. The van der Waals surface area contributed by atoms with E-state index in [1.54, 1.807) is 23.8 Å². The van der Waals surface area contributed by atoms with Crippen LogP contribution in [0.5, 0.6) is 5.75 Å². The first-order valence-corrected chi connectivity index (χ1v) is 10.9. The Hall–Kier alpha value is -3.02. The van der Waals surface area contributed by atoms with Crippen molar-refractivity contribution in [1.82, 2.24) is 4.90 Å². The Bertz CT molecular complexity index is 971. The maximum atomic E-state index is 13.6. The van der Waals surface area contributed by atoms with Crippen LogP contribution in [0, 0.1) is 10.1 Å². The van der Waals surface area contributed by atoms with E-state index < -0.39 is 17.2 Å². The largest absolute Gasteiger partial charge is 0.497 e. The Morgan fingerprint density at radius 2 is 1.79 bits per heavy atom. The molecule has 0 aromatic heterocycles. The molecule has 0 saturated carbocycles. The van der Waals surface area contributed by atoms with Crippen LogP contribution in [0.3, 0.4) is 0 Å². The lowest BCUT2D eigenvalue weighted by Crippen LogP contribution is -2.45. The van der Waals surface area contributed by atoms with Gasteiger partial charge in [0.15, 0.2) is 6.10 Å². The van der Waals surface area contributed by atoms with Gasteiger partial charge in [0.1, 0.15) is 5.75 Å². The number of benzene rings is 2. The molecule has 0 radical (unpaired) electrons. The van der Waals surface area contributed by atoms with Crippen LogP contribution < -0.4 is 9.64 Å². The molecule has 1 N–H and O–H groups in total. The Labute approximate surface area is 208 Å². The smallest absolute Gasteiger partial charge is 0.303 e. The lowest BCUT2D eigenvalue weighted by molar-refractivity contribution is -0.742. The zero-order valence-electron chi connectivity index (χ0n) is 19.2. The van der Waals surface area contributed by atoms with Gasteiger partial charge in [-0.15, -0.1) is 34.3 Å². The molecule has 10 nitrogen and oxygen atoms in total. The summed E-state index contributed by atoms with van der Waals surface area (Å²) in [6, 6.07) is 15.4. The predicted molar refractivity (Wildman–Crippen MR) is 131 cm³/mol. The van der Waals surface area contributed by atoms with Crippen LogP contribution in [0.4, 0.5) is 5.69 Å². The molecule has 3 rings (SSSR count). The SMILES string of the molecule is COc1ccc([C@@H]2Sc3ccccc3N(CCN(C)C)C(=O)[C@@H]2OC(C)=O)cc1.Cl.O=[N+]([O-])O. The van der Waals surface area contributed by atoms with Gasteiger partial charge in [-0.2, -0.15) is 0 Å². The van der Waals surface area contributed by atoms with Crippen LogP contribution in [-0.2, 0) is 14.3 Å². The number of para-hydroxylation sites is 1. The topological polar surface area (TPSA) is 122 Å². The minimum Gasteiger partial charge on any atom is -0.497 e. The molecule has 1 heterocycles. The van der Waals surface area contributed by atoms with Gasteiger partial charge < -0.3 is 24.5 Å². The number of ether oxygens (including phenoxy) is 2. The van der Waals surface area contributed by atoms with Crippen LogP contribution >= 0.6 is 24.2 Å². The van der Waals surface area contributed by atoms with Gasteiger partial charge in [0.25, 0.3) is 11.0 Å². The molecule has 0 aliphatic carbocycles. The molecule has 0 unspecified atom stereocenters. The number of carbonyl (C=O) groups is 2. The fourth-order valence-corrected chi connectivity index (χ4v) is 4.56. The predicted octanol–water partition coefficient (Wildman–Crippen LogP) is 3.44. The first-order chi connectivity index (χ1) is 15.6. The maximum absolute atomic E-state index is 13.6. The molecule has 1 aliphatic rings. The first-order valence-electron chi connectivity index (χ1n) is 10.00. The summed E-state index contributed by atoms with van der Waals surface area (Å²) >= 11 is 1.54. The standard InChI is InChI=1S/C22H26N2O4S.ClH.HNO3/c1-15(25)28-20-21(16-9-11-17(27-4)12-10-16)29-19-8-6-5-7-18(19)24(22(20)26)14-13-23(2)3;;2-1(3)4/h5-12,20-21H,13-14H2,1-4H3;1H;(H,2,3,4)/t20-,21+;;/m1../s1. The van der Waals surface area contributed by atoms with E-state index in [1.807, 2.05) is 67.5 Å². The lowest BCUT2D eigenvalue weighted by atomic mass is 10.1. The van der Waals surface area contributed by atoms with Gasteiger partial charge in [-0.25, -0.2) is 0 Å². The second-order valence-electron chi connectivity index (χ2n) is 7.34. The highest BCUT2D eigenvalue weighted by Gasteiger charge is 2.40. The van der Waals surface area contributed by atoms with Crippen molar-refractivity contribution in [1.29, 1.82) is 0 Å². The fourth-order valence-electron chi connectivity index (χ4n) is 3.24. The van der Waals surface area contributed by atoms with Crippen LogP contribution in [-0.4, -0.2) is 67.5 Å². The van der Waals surface area contributed by atoms with Gasteiger partial charge in [-0.3, -0.25) is 9.59 Å². The third-order valence-electron chi connectivity index (χ3n) is 4.70.